The van der Waals surface area contributed by atoms with Gasteiger partial charge in [-0.25, -0.2) is 0 Å². The zero-order chi connectivity index (χ0) is 19.1. The van der Waals surface area contributed by atoms with Crippen LogP contribution >= 0.6 is 0 Å². The van der Waals surface area contributed by atoms with Crippen molar-refractivity contribution in [2.24, 2.45) is 0 Å². The molecular formula is C9H8F11NO2. The van der Waals surface area contributed by atoms with E-state index in [0.29, 0.717) is 0 Å². The Bertz CT molecular complexity index is 442. The van der Waals surface area contributed by atoms with Crippen molar-refractivity contribution in [1.82, 2.24) is 5.32 Å². The van der Waals surface area contributed by atoms with Crippen LogP contribution in [0.25, 0.3) is 0 Å². The molecule has 14 heteroatoms. The third-order valence-electron chi connectivity index (χ3n) is 2.07. The first-order chi connectivity index (χ1) is 9.79. The van der Waals surface area contributed by atoms with E-state index in [-0.39, 0.29) is 0 Å². The largest absolute Gasteiger partial charge is 0.462 e. The summed E-state index contributed by atoms with van der Waals surface area (Å²) < 4.78 is 139. The molecule has 0 saturated carbocycles. The maximum atomic E-state index is 13.5. The molecule has 1 unspecified atom stereocenters. The van der Waals surface area contributed by atoms with Crippen LogP contribution in [-0.4, -0.2) is 42.2 Å². The summed E-state index contributed by atoms with van der Waals surface area (Å²) >= 11 is 0. The lowest BCUT2D eigenvalue weighted by Crippen LogP contribution is -2.64. The summed E-state index contributed by atoms with van der Waals surface area (Å²) in [5.74, 6) is -16.4. The minimum absolute atomic E-state index is 0.928. The summed E-state index contributed by atoms with van der Waals surface area (Å²) in [5, 5.41) is 1.08. The number of rotatable bonds is 5. The lowest BCUT2D eigenvalue weighted by atomic mass is 10.2. The van der Waals surface area contributed by atoms with Crippen LogP contribution in [0, 0.1) is 0 Å². The molecule has 0 spiro atoms. The molecule has 0 rings (SSSR count). The normalized spacial score (nSPS) is 17.1. The molecule has 0 aliphatic rings. The number of ether oxygens (including phenoxy) is 1. The number of carbonyl (C=O) groups is 1. The highest BCUT2D eigenvalue weighted by Crippen LogP contribution is 2.50. The van der Waals surface area contributed by atoms with E-state index in [4.69, 9.17) is 0 Å². The van der Waals surface area contributed by atoms with Gasteiger partial charge in [0, 0.05) is 6.04 Å². The Morgan fingerprint density at radius 3 is 1.48 bits per heavy atom. The molecule has 0 aromatic heterocycles. The molecule has 3 nitrogen and oxygen atoms in total. The van der Waals surface area contributed by atoms with Crippen molar-refractivity contribution in [3.05, 3.63) is 0 Å². The molecule has 1 atom stereocenters. The molecule has 0 saturated heterocycles. The standard InChI is InChI=1S/C9H8F11NO2/c1-3(2)21-4(22)5(10,7(13,14)15)23-9(19,20)6(11,12)8(16,17)18/h3H,1-2H3,(H,21,22). The monoisotopic (exact) mass is 371 g/mol. The Hall–Kier alpha value is -1.34. The number of nitrogens with one attached hydrogen (secondary N) is 1. The van der Waals surface area contributed by atoms with Crippen molar-refractivity contribution in [2.45, 2.75) is 50.1 Å². The molecule has 0 aliphatic heterocycles. The average Bonchev–Trinajstić information content (AvgIpc) is 2.23. The molecule has 1 N–H and O–H groups in total. The topological polar surface area (TPSA) is 38.3 Å². The highest BCUT2D eigenvalue weighted by atomic mass is 19.4. The van der Waals surface area contributed by atoms with Crippen molar-refractivity contribution >= 4 is 5.91 Å². The van der Waals surface area contributed by atoms with E-state index in [1.165, 1.54) is 0 Å². The van der Waals surface area contributed by atoms with Gasteiger partial charge < -0.3 is 5.32 Å². The zero-order valence-corrected chi connectivity index (χ0v) is 11.1. The van der Waals surface area contributed by atoms with Crippen molar-refractivity contribution < 1.29 is 57.8 Å². The van der Waals surface area contributed by atoms with Crippen LogP contribution in [0.3, 0.4) is 0 Å². The molecule has 0 radical (unpaired) electrons. The van der Waals surface area contributed by atoms with E-state index >= 15 is 0 Å². The van der Waals surface area contributed by atoms with Crippen LogP contribution < -0.4 is 5.32 Å². The van der Waals surface area contributed by atoms with E-state index in [0.717, 1.165) is 19.2 Å². The maximum Gasteiger partial charge on any atom is 0.462 e. The van der Waals surface area contributed by atoms with E-state index < -0.39 is 42.2 Å². The molecule has 138 valence electrons. The summed E-state index contributed by atoms with van der Waals surface area (Å²) in [7, 11) is 0. The van der Waals surface area contributed by atoms with Crippen LogP contribution in [0.5, 0.6) is 0 Å². The molecule has 1 amide bonds. The third kappa shape index (κ3) is 4.14. The van der Waals surface area contributed by atoms with Crippen molar-refractivity contribution in [2.75, 3.05) is 0 Å². The molecule has 0 aliphatic carbocycles. The number of hydrogen-bond donors (Lipinski definition) is 1. The number of carbonyl (C=O) groups excluding carboxylic acids is 1. The third-order valence-corrected chi connectivity index (χ3v) is 2.07. The second-order valence-corrected chi connectivity index (χ2v) is 4.41. The van der Waals surface area contributed by atoms with Gasteiger partial charge in [-0.1, -0.05) is 0 Å². The highest BCUT2D eigenvalue weighted by molar-refractivity contribution is 5.84. The summed E-state index contributed by atoms with van der Waals surface area (Å²) in [5.41, 5.74) is 0. The van der Waals surface area contributed by atoms with Crippen molar-refractivity contribution in [3.63, 3.8) is 0 Å². The van der Waals surface area contributed by atoms with Crippen LogP contribution in [0.15, 0.2) is 0 Å². The number of alkyl halides is 11. The van der Waals surface area contributed by atoms with Gasteiger partial charge in [0.25, 0.3) is 5.91 Å². The van der Waals surface area contributed by atoms with Crippen LogP contribution in [-0.2, 0) is 9.53 Å². The van der Waals surface area contributed by atoms with Crippen LogP contribution in [0.1, 0.15) is 13.8 Å². The Morgan fingerprint density at radius 2 is 1.22 bits per heavy atom. The molecule has 0 aromatic carbocycles. The first-order valence-electron chi connectivity index (χ1n) is 5.38. The van der Waals surface area contributed by atoms with Gasteiger partial charge in [0.15, 0.2) is 0 Å². The SMILES string of the molecule is CC(C)NC(=O)C(F)(OC(F)(F)C(F)(F)C(F)(F)F)C(F)(F)F. The van der Waals surface area contributed by atoms with E-state index in [1.807, 2.05) is 4.74 Å². The van der Waals surface area contributed by atoms with Gasteiger partial charge in [-0.05, 0) is 13.8 Å². The second-order valence-electron chi connectivity index (χ2n) is 4.41. The van der Waals surface area contributed by atoms with E-state index in [1.54, 1.807) is 0 Å². The van der Waals surface area contributed by atoms with Crippen molar-refractivity contribution in [1.29, 1.82) is 0 Å². The molecule has 0 fully saturated rings. The van der Waals surface area contributed by atoms with Gasteiger partial charge in [0.1, 0.15) is 0 Å². The van der Waals surface area contributed by atoms with Gasteiger partial charge in [-0.3, -0.25) is 9.53 Å². The van der Waals surface area contributed by atoms with E-state index in [9.17, 15) is 53.1 Å². The Kier molecular flexibility index (Phi) is 5.60. The fraction of sp³-hybridized carbons (Fsp3) is 0.889. The zero-order valence-electron chi connectivity index (χ0n) is 11.1. The van der Waals surface area contributed by atoms with Gasteiger partial charge in [-0.15, -0.1) is 0 Å². The smallest absolute Gasteiger partial charge is 0.349 e. The predicted octanol–water partition coefficient (Wildman–Crippen LogP) is 3.55. The fourth-order valence-corrected chi connectivity index (χ4v) is 0.994. The van der Waals surface area contributed by atoms with E-state index in [2.05, 4.69) is 0 Å². The molecule has 23 heavy (non-hydrogen) atoms. The van der Waals surface area contributed by atoms with Crippen molar-refractivity contribution in [3.8, 4) is 0 Å². The van der Waals surface area contributed by atoms with Gasteiger partial charge in [0.05, 0.1) is 0 Å². The first kappa shape index (κ1) is 21.7. The lowest BCUT2D eigenvalue weighted by molar-refractivity contribution is -0.473. The van der Waals surface area contributed by atoms with Gasteiger partial charge in [0.2, 0.25) is 0 Å². The second kappa shape index (κ2) is 5.94. The highest BCUT2D eigenvalue weighted by Gasteiger charge is 2.79. The number of halogens is 11. The van der Waals surface area contributed by atoms with Gasteiger partial charge >= 0.3 is 30.2 Å². The number of amides is 1. The summed E-state index contributed by atoms with van der Waals surface area (Å²) in [6.45, 7) is 1.86. The Morgan fingerprint density at radius 1 is 0.826 bits per heavy atom. The average molecular weight is 371 g/mol. The predicted molar refractivity (Wildman–Crippen MR) is 50.2 cm³/mol. The molecule has 0 heterocycles. The summed E-state index contributed by atoms with van der Waals surface area (Å²) in [4.78, 5) is 11.0. The minimum Gasteiger partial charge on any atom is -0.349 e. The quantitative estimate of drug-likeness (QED) is 0.751. The maximum absolute atomic E-state index is 13.5. The van der Waals surface area contributed by atoms with Crippen LogP contribution in [0.2, 0.25) is 0 Å². The summed E-state index contributed by atoms with van der Waals surface area (Å²) in [6, 6.07) is -1.31. The Labute approximate surface area is 120 Å². The molecular weight excluding hydrogens is 363 g/mol. The fourth-order valence-electron chi connectivity index (χ4n) is 0.994. The number of hydrogen-bond acceptors (Lipinski definition) is 2. The Balaban J connectivity index is 5.88. The molecule has 0 aromatic rings. The summed E-state index contributed by atoms with van der Waals surface area (Å²) in [6.07, 6.45) is -20.8. The van der Waals surface area contributed by atoms with Gasteiger partial charge in [-0.2, -0.15) is 48.3 Å². The first-order valence-corrected chi connectivity index (χ1v) is 5.38. The van der Waals surface area contributed by atoms with Crippen LogP contribution in [0.4, 0.5) is 48.3 Å². The minimum atomic E-state index is -7.19. The molecule has 0 bridgehead atoms. The lowest BCUT2D eigenvalue weighted by Gasteiger charge is -2.34.